The summed E-state index contributed by atoms with van der Waals surface area (Å²) in [6.07, 6.45) is -5.71. The van der Waals surface area contributed by atoms with Crippen molar-refractivity contribution in [3.63, 3.8) is 0 Å². The molecule has 0 saturated heterocycles. The number of hydrogen-bond acceptors (Lipinski definition) is 1. The third-order valence-electron chi connectivity index (χ3n) is 1.46. The van der Waals surface area contributed by atoms with Gasteiger partial charge in [0.15, 0.2) is 0 Å². The molecule has 0 nitrogen and oxygen atoms in total. The van der Waals surface area contributed by atoms with Gasteiger partial charge in [-0.3, -0.25) is 0 Å². The maximum absolute atomic E-state index is 13.0. The van der Waals surface area contributed by atoms with Gasteiger partial charge < -0.3 is 0 Å². The maximum Gasteiger partial charge on any atom is 0.464 e. The highest BCUT2D eigenvalue weighted by atomic mass is 79.9. The first-order valence-electron chi connectivity index (χ1n) is 3.72. The van der Waals surface area contributed by atoms with E-state index in [9.17, 15) is 26.3 Å². The Morgan fingerprint density at radius 1 is 1.06 bits per heavy atom. The molecule has 0 amide bonds. The maximum atomic E-state index is 13.0. The number of hydrogen-bond donors (Lipinski definition) is 0. The lowest BCUT2D eigenvalue weighted by atomic mass is 10.3. The van der Waals surface area contributed by atoms with Crippen molar-refractivity contribution in [1.82, 2.24) is 0 Å². The number of halogens is 7. The van der Waals surface area contributed by atoms with Crippen molar-refractivity contribution in [1.29, 1.82) is 0 Å². The molecule has 0 saturated carbocycles. The zero-order valence-electron chi connectivity index (χ0n) is 7.29. The Morgan fingerprint density at radius 3 is 2.06 bits per heavy atom. The summed E-state index contributed by atoms with van der Waals surface area (Å²) >= 11 is 1.99. The van der Waals surface area contributed by atoms with Crippen LogP contribution in [0.5, 0.6) is 0 Å². The summed E-state index contributed by atoms with van der Waals surface area (Å²) in [5.41, 5.74) is 0. The minimum Gasteiger partial charge on any atom is -0.206 e. The smallest absolute Gasteiger partial charge is 0.206 e. The number of rotatable bonds is 2. The van der Waals surface area contributed by atoms with Gasteiger partial charge in [-0.05, 0) is 30.0 Å². The van der Waals surface area contributed by atoms with E-state index in [2.05, 4.69) is 15.9 Å². The fraction of sp³-hybridized carbons (Fsp3) is 0.250. The lowest BCUT2D eigenvalue weighted by molar-refractivity contribution is -0.237. The zero-order chi connectivity index (χ0) is 12.6. The summed E-state index contributed by atoms with van der Waals surface area (Å²) < 4.78 is 73.9. The van der Waals surface area contributed by atoms with E-state index in [-0.39, 0.29) is 4.47 Å². The molecule has 0 aliphatic heterocycles. The van der Waals surface area contributed by atoms with Crippen molar-refractivity contribution in [3.05, 3.63) is 28.5 Å². The first kappa shape index (κ1) is 13.7. The highest BCUT2D eigenvalue weighted by molar-refractivity contribution is 9.10. The topological polar surface area (TPSA) is 0 Å². The second-order valence-corrected chi connectivity index (χ2v) is 4.76. The molecule has 0 N–H and O–H groups in total. The van der Waals surface area contributed by atoms with Crippen LogP contribution in [0, 0.1) is 5.82 Å². The van der Waals surface area contributed by atoms with E-state index >= 15 is 0 Å². The molecule has 90 valence electrons. The van der Waals surface area contributed by atoms with Crippen molar-refractivity contribution in [2.45, 2.75) is 16.3 Å². The predicted octanol–water partition coefficient (Wildman–Crippen LogP) is 4.84. The molecule has 0 spiro atoms. The first-order chi connectivity index (χ1) is 7.13. The SMILES string of the molecule is Fc1cc(Br)ccc1SC(F)(F)C(F)(F)F. The molecule has 0 atom stereocenters. The number of benzene rings is 1. The molecular weight excluding hydrogens is 322 g/mol. The summed E-state index contributed by atoms with van der Waals surface area (Å²) in [6.45, 7) is 0. The van der Waals surface area contributed by atoms with Crippen LogP contribution in [0.3, 0.4) is 0 Å². The van der Waals surface area contributed by atoms with E-state index in [0.29, 0.717) is 0 Å². The van der Waals surface area contributed by atoms with Crippen molar-refractivity contribution in [2.75, 3.05) is 0 Å². The Morgan fingerprint density at radius 2 is 1.62 bits per heavy atom. The van der Waals surface area contributed by atoms with Crippen LogP contribution in [0.2, 0.25) is 0 Å². The predicted molar refractivity (Wildman–Crippen MR) is 51.0 cm³/mol. The van der Waals surface area contributed by atoms with Gasteiger partial charge >= 0.3 is 11.4 Å². The quantitative estimate of drug-likeness (QED) is 0.554. The van der Waals surface area contributed by atoms with Crippen LogP contribution in [-0.4, -0.2) is 11.4 Å². The fourth-order valence-electron chi connectivity index (χ4n) is 0.754. The molecule has 1 rings (SSSR count). The Kier molecular flexibility index (Phi) is 3.83. The lowest BCUT2D eigenvalue weighted by Crippen LogP contribution is -2.32. The van der Waals surface area contributed by atoms with Gasteiger partial charge in [0.2, 0.25) is 0 Å². The number of alkyl halides is 5. The van der Waals surface area contributed by atoms with Gasteiger partial charge in [-0.25, -0.2) is 4.39 Å². The zero-order valence-corrected chi connectivity index (χ0v) is 9.69. The Bertz CT molecular complexity index is 389. The molecular formula is C8H3BrF6S. The van der Waals surface area contributed by atoms with E-state index in [1.54, 1.807) is 0 Å². The van der Waals surface area contributed by atoms with Crippen LogP contribution in [-0.2, 0) is 0 Å². The molecule has 1 aromatic carbocycles. The largest absolute Gasteiger partial charge is 0.464 e. The van der Waals surface area contributed by atoms with Gasteiger partial charge in [0.05, 0.1) is 0 Å². The molecule has 0 aromatic heterocycles. The van der Waals surface area contributed by atoms with E-state index in [1.165, 1.54) is 6.07 Å². The molecule has 0 fully saturated rings. The van der Waals surface area contributed by atoms with Crippen molar-refractivity contribution >= 4 is 27.7 Å². The Balaban J connectivity index is 2.97. The van der Waals surface area contributed by atoms with Gasteiger partial charge in [0, 0.05) is 9.37 Å². The average molecular weight is 325 g/mol. The summed E-state index contributed by atoms with van der Waals surface area (Å²) in [7, 11) is 0. The summed E-state index contributed by atoms with van der Waals surface area (Å²) in [5.74, 6) is -1.14. The van der Waals surface area contributed by atoms with Crippen molar-refractivity contribution < 1.29 is 26.3 Å². The summed E-state index contributed by atoms with van der Waals surface area (Å²) in [5, 5.41) is -5.01. The molecule has 0 heterocycles. The number of thioether (sulfide) groups is 1. The van der Waals surface area contributed by atoms with Crippen molar-refractivity contribution in [3.8, 4) is 0 Å². The first-order valence-corrected chi connectivity index (χ1v) is 5.33. The van der Waals surface area contributed by atoms with E-state index in [4.69, 9.17) is 0 Å². The third kappa shape index (κ3) is 3.07. The Labute approximate surface area is 99.1 Å². The normalized spacial score (nSPS) is 12.9. The van der Waals surface area contributed by atoms with Gasteiger partial charge in [0.25, 0.3) is 0 Å². The minimum absolute atomic E-state index is 0.254. The third-order valence-corrected chi connectivity index (χ3v) is 2.99. The van der Waals surface area contributed by atoms with E-state index in [0.717, 1.165) is 12.1 Å². The highest BCUT2D eigenvalue weighted by Gasteiger charge is 2.58. The van der Waals surface area contributed by atoms with Crippen LogP contribution < -0.4 is 0 Å². The average Bonchev–Trinajstić information content (AvgIpc) is 2.08. The standard InChI is InChI=1S/C8H3BrF6S/c9-4-1-2-6(5(10)3-4)16-8(14,15)7(11,12)13/h1-3H. The minimum atomic E-state index is -5.71. The molecule has 0 aliphatic rings. The molecule has 1 aromatic rings. The van der Waals surface area contributed by atoms with Crippen LogP contribution in [0.25, 0.3) is 0 Å². The summed E-state index contributed by atoms with van der Waals surface area (Å²) in [4.78, 5) is -0.759. The van der Waals surface area contributed by atoms with Crippen LogP contribution >= 0.6 is 27.7 Å². The fourth-order valence-corrected chi connectivity index (χ4v) is 1.77. The molecule has 0 radical (unpaired) electrons. The molecule has 8 heteroatoms. The van der Waals surface area contributed by atoms with Gasteiger partial charge in [-0.2, -0.15) is 22.0 Å². The highest BCUT2D eigenvalue weighted by Crippen LogP contribution is 2.48. The molecule has 0 aliphatic carbocycles. The lowest BCUT2D eigenvalue weighted by Gasteiger charge is -2.18. The second kappa shape index (κ2) is 4.48. The van der Waals surface area contributed by atoms with Crippen molar-refractivity contribution in [2.24, 2.45) is 0 Å². The van der Waals surface area contributed by atoms with Gasteiger partial charge in [0.1, 0.15) is 5.82 Å². The van der Waals surface area contributed by atoms with E-state index < -0.39 is 33.9 Å². The van der Waals surface area contributed by atoms with Gasteiger partial charge in [-0.1, -0.05) is 15.9 Å². The molecule has 0 bridgehead atoms. The molecule has 16 heavy (non-hydrogen) atoms. The Hall–Kier alpha value is -0.370. The van der Waals surface area contributed by atoms with Crippen LogP contribution in [0.4, 0.5) is 26.3 Å². The van der Waals surface area contributed by atoms with Gasteiger partial charge in [-0.15, -0.1) is 0 Å². The van der Waals surface area contributed by atoms with E-state index in [1.807, 2.05) is 0 Å². The second-order valence-electron chi connectivity index (χ2n) is 2.69. The summed E-state index contributed by atoms with van der Waals surface area (Å²) in [6, 6.07) is 2.84. The van der Waals surface area contributed by atoms with Crippen LogP contribution in [0.1, 0.15) is 0 Å². The monoisotopic (exact) mass is 324 g/mol. The molecule has 0 unspecified atom stereocenters. The van der Waals surface area contributed by atoms with Crippen LogP contribution in [0.15, 0.2) is 27.6 Å².